The number of carbonyl (C=O) groups excluding carboxylic acids is 1. The third-order valence-corrected chi connectivity index (χ3v) is 4.94. The van der Waals surface area contributed by atoms with Gasteiger partial charge in [0.1, 0.15) is 5.82 Å². The summed E-state index contributed by atoms with van der Waals surface area (Å²) in [5.74, 6) is -1.43. The first kappa shape index (κ1) is 19.0. The minimum absolute atomic E-state index is 0.122. The number of amides is 1. The molecule has 1 saturated heterocycles. The first-order valence-electron chi connectivity index (χ1n) is 8.96. The molecule has 1 heterocycles. The molecule has 2 aromatic rings. The monoisotopic (exact) mass is 371 g/mol. The maximum absolute atomic E-state index is 13.7. The van der Waals surface area contributed by atoms with Crippen LogP contribution < -0.4 is 5.32 Å². The molecule has 0 aliphatic carbocycles. The van der Waals surface area contributed by atoms with Crippen molar-refractivity contribution < 1.29 is 23.8 Å². The molecule has 2 N–H and O–H groups in total. The molecule has 6 heteroatoms. The van der Waals surface area contributed by atoms with Crippen LogP contribution in [-0.4, -0.2) is 30.2 Å². The number of halogens is 1. The van der Waals surface area contributed by atoms with Gasteiger partial charge < -0.3 is 15.2 Å². The lowest BCUT2D eigenvalue weighted by Gasteiger charge is -2.38. The molecule has 3 rings (SSSR count). The van der Waals surface area contributed by atoms with Gasteiger partial charge in [0.25, 0.3) is 0 Å². The second-order valence-corrected chi connectivity index (χ2v) is 6.76. The fraction of sp³-hybridized carbons (Fsp3) is 0.333. The normalized spacial score (nSPS) is 15.9. The molecule has 5 nitrogen and oxygen atoms in total. The highest BCUT2D eigenvalue weighted by atomic mass is 19.1. The SMILES string of the molecule is O=C(CCc1ccc(C(=O)O)cc1)NC1(c2cccc(F)c2)CCOCC1. The van der Waals surface area contributed by atoms with Crippen molar-refractivity contribution in [1.29, 1.82) is 0 Å². The number of aryl methyl sites for hydroxylation is 1. The topological polar surface area (TPSA) is 75.6 Å². The van der Waals surface area contributed by atoms with Crippen molar-refractivity contribution >= 4 is 11.9 Å². The third kappa shape index (κ3) is 4.71. The number of hydrogen-bond donors (Lipinski definition) is 2. The Morgan fingerprint density at radius 2 is 1.81 bits per heavy atom. The molecule has 27 heavy (non-hydrogen) atoms. The molecule has 1 aliphatic rings. The molecule has 2 aromatic carbocycles. The summed E-state index contributed by atoms with van der Waals surface area (Å²) in [6.45, 7) is 1.01. The zero-order valence-electron chi connectivity index (χ0n) is 14.9. The minimum Gasteiger partial charge on any atom is -0.478 e. The van der Waals surface area contributed by atoms with Crippen molar-refractivity contribution in [3.05, 3.63) is 71.0 Å². The zero-order chi connectivity index (χ0) is 19.3. The minimum atomic E-state index is -0.976. The van der Waals surface area contributed by atoms with E-state index >= 15 is 0 Å². The Balaban J connectivity index is 1.67. The maximum atomic E-state index is 13.7. The van der Waals surface area contributed by atoms with Crippen LogP contribution in [0.2, 0.25) is 0 Å². The maximum Gasteiger partial charge on any atom is 0.335 e. The van der Waals surface area contributed by atoms with Gasteiger partial charge in [-0.05, 0) is 54.7 Å². The quantitative estimate of drug-likeness (QED) is 0.817. The lowest BCUT2D eigenvalue weighted by atomic mass is 9.82. The molecule has 1 fully saturated rings. The van der Waals surface area contributed by atoms with E-state index < -0.39 is 11.5 Å². The van der Waals surface area contributed by atoms with E-state index in [9.17, 15) is 14.0 Å². The number of nitrogens with one attached hydrogen (secondary N) is 1. The van der Waals surface area contributed by atoms with Crippen LogP contribution in [0.3, 0.4) is 0 Å². The number of hydrogen-bond acceptors (Lipinski definition) is 3. The molecule has 1 amide bonds. The summed E-state index contributed by atoms with van der Waals surface area (Å²) in [4.78, 5) is 23.5. The predicted octanol–water partition coefficient (Wildman–Crippen LogP) is 3.28. The molecule has 0 aromatic heterocycles. The van der Waals surface area contributed by atoms with Crippen molar-refractivity contribution in [2.24, 2.45) is 0 Å². The van der Waals surface area contributed by atoms with E-state index in [1.165, 1.54) is 24.3 Å². The largest absolute Gasteiger partial charge is 0.478 e. The third-order valence-electron chi connectivity index (χ3n) is 4.94. The van der Waals surface area contributed by atoms with E-state index in [1.807, 2.05) is 6.07 Å². The van der Waals surface area contributed by atoms with Gasteiger partial charge in [-0.1, -0.05) is 24.3 Å². The van der Waals surface area contributed by atoms with Crippen LogP contribution in [0.5, 0.6) is 0 Å². The van der Waals surface area contributed by atoms with Crippen LogP contribution in [0.1, 0.15) is 40.7 Å². The van der Waals surface area contributed by atoms with Gasteiger partial charge in [0.2, 0.25) is 5.91 Å². The fourth-order valence-corrected chi connectivity index (χ4v) is 3.39. The highest BCUT2D eigenvalue weighted by molar-refractivity contribution is 5.87. The van der Waals surface area contributed by atoms with Gasteiger partial charge in [-0.3, -0.25) is 4.79 Å². The lowest BCUT2D eigenvalue weighted by Crippen LogP contribution is -2.49. The van der Waals surface area contributed by atoms with Gasteiger partial charge in [0, 0.05) is 19.6 Å². The summed E-state index contributed by atoms with van der Waals surface area (Å²) in [7, 11) is 0. The van der Waals surface area contributed by atoms with E-state index in [0.29, 0.717) is 32.5 Å². The highest BCUT2D eigenvalue weighted by Crippen LogP contribution is 2.32. The molecule has 1 aliphatic heterocycles. The van der Waals surface area contributed by atoms with Gasteiger partial charge in [-0.15, -0.1) is 0 Å². The zero-order valence-corrected chi connectivity index (χ0v) is 14.9. The highest BCUT2D eigenvalue weighted by Gasteiger charge is 2.36. The van der Waals surface area contributed by atoms with E-state index in [0.717, 1.165) is 11.1 Å². The number of carboxylic acid groups (broad SMARTS) is 1. The second kappa shape index (κ2) is 8.31. The summed E-state index contributed by atoms with van der Waals surface area (Å²) in [6, 6.07) is 12.8. The summed E-state index contributed by atoms with van der Waals surface area (Å²) >= 11 is 0. The van der Waals surface area contributed by atoms with Crippen LogP contribution in [-0.2, 0) is 21.5 Å². The second-order valence-electron chi connectivity index (χ2n) is 6.76. The number of carbonyl (C=O) groups is 2. The van der Waals surface area contributed by atoms with E-state index in [-0.39, 0.29) is 23.7 Å². The Kier molecular flexibility index (Phi) is 5.86. The smallest absolute Gasteiger partial charge is 0.335 e. The van der Waals surface area contributed by atoms with Crippen LogP contribution >= 0.6 is 0 Å². The van der Waals surface area contributed by atoms with E-state index in [2.05, 4.69) is 5.32 Å². The number of carboxylic acids is 1. The average molecular weight is 371 g/mol. The van der Waals surface area contributed by atoms with Crippen LogP contribution in [0.4, 0.5) is 4.39 Å². The van der Waals surface area contributed by atoms with Gasteiger partial charge in [-0.25, -0.2) is 9.18 Å². The molecular formula is C21H22FNO4. The fourth-order valence-electron chi connectivity index (χ4n) is 3.39. The lowest BCUT2D eigenvalue weighted by molar-refractivity contribution is -0.124. The van der Waals surface area contributed by atoms with Crippen molar-refractivity contribution in [1.82, 2.24) is 5.32 Å². The van der Waals surface area contributed by atoms with Gasteiger partial charge in [-0.2, -0.15) is 0 Å². The molecule has 0 radical (unpaired) electrons. The summed E-state index contributed by atoms with van der Waals surface area (Å²) in [5, 5.41) is 12.0. The Hall–Kier alpha value is -2.73. The Morgan fingerprint density at radius 1 is 1.11 bits per heavy atom. The average Bonchev–Trinajstić information content (AvgIpc) is 2.67. The molecule has 0 unspecified atom stereocenters. The molecule has 142 valence electrons. The Morgan fingerprint density at radius 3 is 2.44 bits per heavy atom. The standard InChI is InChI=1S/C21H22FNO4/c22-18-3-1-2-17(14-18)21(10-12-27-13-11-21)23-19(24)9-6-15-4-7-16(8-5-15)20(25)26/h1-5,7-8,14H,6,9-13H2,(H,23,24)(H,25,26). The van der Waals surface area contributed by atoms with E-state index in [1.54, 1.807) is 18.2 Å². The molecule has 0 spiro atoms. The van der Waals surface area contributed by atoms with Crippen molar-refractivity contribution in [3.63, 3.8) is 0 Å². The number of ether oxygens (including phenoxy) is 1. The number of benzene rings is 2. The van der Waals surface area contributed by atoms with Crippen molar-refractivity contribution in [2.45, 2.75) is 31.2 Å². The van der Waals surface area contributed by atoms with Crippen molar-refractivity contribution in [3.8, 4) is 0 Å². The Bertz CT molecular complexity index is 813. The molecular weight excluding hydrogens is 349 g/mol. The first-order chi connectivity index (χ1) is 13.0. The first-order valence-corrected chi connectivity index (χ1v) is 8.96. The number of rotatable bonds is 6. The molecule has 0 saturated carbocycles. The van der Waals surface area contributed by atoms with Gasteiger partial charge >= 0.3 is 5.97 Å². The van der Waals surface area contributed by atoms with Gasteiger partial charge in [0.05, 0.1) is 11.1 Å². The van der Waals surface area contributed by atoms with Crippen LogP contribution in [0.15, 0.2) is 48.5 Å². The van der Waals surface area contributed by atoms with E-state index in [4.69, 9.17) is 9.84 Å². The van der Waals surface area contributed by atoms with Crippen LogP contribution in [0, 0.1) is 5.82 Å². The Labute approximate surface area is 157 Å². The van der Waals surface area contributed by atoms with Gasteiger partial charge in [0.15, 0.2) is 0 Å². The molecule has 0 bridgehead atoms. The summed E-state index contributed by atoms with van der Waals surface area (Å²) in [6.07, 6.45) is 1.96. The van der Waals surface area contributed by atoms with Crippen LogP contribution in [0.25, 0.3) is 0 Å². The summed E-state index contributed by atoms with van der Waals surface area (Å²) < 4.78 is 19.1. The van der Waals surface area contributed by atoms with Crippen molar-refractivity contribution in [2.75, 3.05) is 13.2 Å². The number of aromatic carboxylic acids is 1. The summed E-state index contributed by atoms with van der Waals surface area (Å²) in [5.41, 5.74) is 1.24. The predicted molar refractivity (Wildman–Crippen MR) is 98.0 cm³/mol. The molecule has 0 atom stereocenters.